The molecule has 0 amide bonds. The van der Waals surface area contributed by atoms with Gasteiger partial charge in [0.15, 0.2) is 0 Å². The number of hydrogen-bond acceptors (Lipinski definition) is 4. The van der Waals surface area contributed by atoms with Crippen LogP contribution in [0.5, 0.6) is 0 Å². The summed E-state index contributed by atoms with van der Waals surface area (Å²) >= 11 is 0. The van der Waals surface area contributed by atoms with Crippen molar-refractivity contribution in [3.63, 3.8) is 0 Å². The van der Waals surface area contributed by atoms with Gasteiger partial charge in [-0.15, -0.1) is 0 Å². The van der Waals surface area contributed by atoms with Crippen LogP contribution in [-0.4, -0.2) is 12.1 Å². The van der Waals surface area contributed by atoms with Gasteiger partial charge in [0.1, 0.15) is 12.1 Å². The molecule has 0 fully saturated rings. The van der Waals surface area contributed by atoms with Crippen LogP contribution < -0.4 is 0 Å². The van der Waals surface area contributed by atoms with Crippen molar-refractivity contribution in [1.29, 1.82) is 10.5 Å². The summed E-state index contributed by atoms with van der Waals surface area (Å²) in [5, 5.41) is 16.9. The highest BCUT2D eigenvalue weighted by Crippen LogP contribution is 2.10. The fourth-order valence-corrected chi connectivity index (χ4v) is 1.85. The summed E-state index contributed by atoms with van der Waals surface area (Å²) in [6, 6.07) is 3.23. The van der Waals surface area contributed by atoms with Crippen LogP contribution in [0.1, 0.15) is 71.1 Å². The Balaban J connectivity index is 3.33. The van der Waals surface area contributed by atoms with Gasteiger partial charge >= 0.3 is 5.97 Å². The van der Waals surface area contributed by atoms with Crippen molar-refractivity contribution in [2.75, 3.05) is 0 Å². The lowest BCUT2D eigenvalue weighted by atomic mass is 10.1. The van der Waals surface area contributed by atoms with E-state index in [9.17, 15) is 4.79 Å². The summed E-state index contributed by atoms with van der Waals surface area (Å²) in [5.41, 5.74) is 0. The van der Waals surface area contributed by atoms with Gasteiger partial charge in [-0.25, -0.2) is 0 Å². The maximum Gasteiger partial charge on any atom is 0.307 e. The quantitative estimate of drug-likeness (QED) is 0.419. The Morgan fingerprint density at radius 2 is 1.42 bits per heavy atom. The highest BCUT2D eigenvalue weighted by Gasteiger charge is 2.11. The molecule has 0 heterocycles. The van der Waals surface area contributed by atoms with Crippen LogP contribution in [0.15, 0.2) is 0 Å². The topological polar surface area (TPSA) is 73.9 Å². The molecule has 0 aliphatic rings. The minimum Gasteiger partial charge on any atom is -0.432 e. The molecule has 4 heteroatoms. The first kappa shape index (κ1) is 17.4. The number of nitriles is 2. The molecule has 0 radical (unpaired) electrons. The van der Waals surface area contributed by atoms with E-state index in [0.29, 0.717) is 6.42 Å². The first-order valence-electron chi connectivity index (χ1n) is 7.23. The van der Waals surface area contributed by atoms with E-state index in [0.717, 1.165) is 19.3 Å². The number of unbranched alkanes of at least 4 members (excludes halogenated alkanes) is 8. The van der Waals surface area contributed by atoms with E-state index < -0.39 is 12.1 Å². The van der Waals surface area contributed by atoms with Crippen molar-refractivity contribution in [2.24, 2.45) is 0 Å². The molecule has 0 spiro atoms. The van der Waals surface area contributed by atoms with Crippen LogP contribution >= 0.6 is 0 Å². The van der Waals surface area contributed by atoms with Crippen molar-refractivity contribution < 1.29 is 9.53 Å². The zero-order chi connectivity index (χ0) is 14.3. The largest absolute Gasteiger partial charge is 0.432 e. The second-order valence-electron chi connectivity index (χ2n) is 4.71. The lowest BCUT2D eigenvalue weighted by Gasteiger charge is -2.04. The Bertz CT molecular complexity index is 301. The number of hydrogen-bond donors (Lipinski definition) is 0. The SMILES string of the molecule is CCCCCCCCCCCC(=O)OC(C#N)C#N. The first-order chi connectivity index (χ1) is 9.24. The molecule has 0 aliphatic carbocycles. The second-order valence-corrected chi connectivity index (χ2v) is 4.71. The third kappa shape index (κ3) is 11.3. The number of esters is 1. The van der Waals surface area contributed by atoms with Crippen LogP contribution in [0.2, 0.25) is 0 Å². The lowest BCUT2D eigenvalue weighted by molar-refractivity contribution is -0.144. The Kier molecular flexibility index (Phi) is 11.8. The van der Waals surface area contributed by atoms with Gasteiger partial charge in [-0.3, -0.25) is 4.79 Å². The molecular weight excluding hydrogens is 240 g/mol. The minimum atomic E-state index is -1.26. The highest BCUT2D eigenvalue weighted by atomic mass is 16.5. The standard InChI is InChI=1S/C15H24N2O2/c1-2-3-4-5-6-7-8-9-10-11-15(18)19-14(12-16)13-17/h14H,2-11H2,1H3. The minimum absolute atomic E-state index is 0.301. The highest BCUT2D eigenvalue weighted by molar-refractivity contribution is 5.70. The van der Waals surface area contributed by atoms with Gasteiger partial charge < -0.3 is 4.74 Å². The molecule has 0 unspecified atom stereocenters. The molecule has 0 N–H and O–H groups in total. The Labute approximate surface area is 116 Å². The van der Waals surface area contributed by atoms with E-state index in [1.54, 1.807) is 12.1 Å². The summed E-state index contributed by atoms with van der Waals surface area (Å²) in [6.45, 7) is 2.21. The first-order valence-corrected chi connectivity index (χ1v) is 7.23. The van der Waals surface area contributed by atoms with Gasteiger partial charge in [-0.2, -0.15) is 10.5 Å². The van der Waals surface area contributed by atoms with Crippen LogP contribution in [-0.2, 0) is 9.53 Å². The van der Waals surface area contributed by atoms with E-state index in [1.807, 2.05) is 0 Å². The van der Waals surface area contributed by atoms with Crippen LogP contribution in [0.25, 0.3) is 0 Å². The fraction of sp³-hybridized carbons (Fsp3) is 0.800. The van der Waals surface area contributed by atoms with Crippen LogP contribution in [0.4, 0.5) is 0 Å². The molecule has 0 bridgehead atoms. The van der Waals surface area contributed by atoms with E-state index in [1.165, 1.54) is 38.5 Å². The van der Waals surface area contributed by atoms with Crippen molar-refractivity contribution in [1.82, 2.24) is 0 Å². The Hall–Kier alpha value is -1.55. The summed E-state index contributed by atoms with van der Waals surface area (Å²) in [4.78, 5) is 11.3. The molecule has 0 rings (SSSR count). The van der Waals surface area contributed by atoms with Gasteiger partial charge in [0.25, 0.3) is 6.10 Å². The van der Waals surface area contributed by atoms with Crippen molar-refractivity contribution >= 4 is 5.97 Å². The number of carbonyl (C=O) groups excluding carboxylic acids is 1. The maximum atomic E-state index is 11.3. The molecule has 0 saturated carbocycles. The predicted octanol–water partition coefficient (Wildman–Crippen LogP) is 3.87. The number of nitrogens with zero attached hydrogens (tertiary/aromatic N) is 2. The summed E-state index contributed by atoms with van der Waals surface area (Å²) in [7, 11) is 0. The number of carbonyl (C=O) groups is 1. The van der Waals surface area contributed by atoms with E-state index in [-0.39, 0.29) is 0 Å². The average molecular weight is 264 g/mol. The zero-order valence-electron chi connectivity index (χ0n) is 11.9. The summed E-state index contributed by atoms with van der Waals surface area (Å²) in [6.07, 6.45) is 9.69. The smallest absolute Gasteiger partial charge is 0.307 e. The molecular formula is C15H24N2O2. The third-order valence-electron chi connectivity index (χ3n) is 2.97. The lowest BCUT2D eigenvalue weighted by Crippen LogP contribution is -2.14. The predicted molar refractivity (Wildman–Crippen MR) is 73.0 cm³/mol. The van der Waals surface area contributed by atoms with Crippen LogP contribution in [0, 0.1) is 22.7 Å². The van der Waals surface area contributed by atoms with Gasteiger partial charge in [-0.05, 0) is 6.42 Å². The normalized spacial score (nSPS) is 9.89. The van der Waals surface area contributed by atoms with Gasteiger partial charge in [-0.1, -0.05) is 58.3 Å². The van der Waals surface area contributed by atoms with Gasteiger partial charge in [0, 0.05) is 6.42 Å². The molecule has 0 aromatic heterocycles. The van der Waals surface area contributed by atoms with Gasteiger partial charge in [0.2, 0.25) is 0 Å². The molecule has 0 saturated heterocycles. The number of rotatable bonds is 11. The molecule has 106 valence electrons. The maximum absolute atomic E-state index is 11.3. The second kappa shape index (κ2) is 12.9. The van der Waals surface area contributed by atoms with Crippen molar-refractivity contribution in [3.05, 3.63) is 0 Å². The molecule has 0 aromatic rings. The zero-order valence-corrected chi connectivity index (χ0v) is 11.9. The average Bonchev–Trinajstić information content (AvgIpc) is 2.43. The van der Waals surface area contributed by atoms with E-state index in [4.69, 9.17) is 10.5 Å². The molecule has 0 aliphatic heterocycles. The third-order valence-corrected chi connectivity index (χ3v) is 2.97. The van der Waals surface area contributed by atoms with Crippen molar-refractivity contribution in [2.45, 2.75) is 77.2 Å². The summed E-state index contributed by atoms with van der Waals surface area (Å²) in [5.74, 6) is -0.448. The molecule has 0 aromatic carbocycles. The molecule has 19 heavy (non-hydrogen) atoms. The Morgan fingerprint density at radius 1 is 0.947 bits per heavy atom. The monoisotopic (exact) mass is 264 g/mol. The van der Waals surface area contributed by atoms with Crippen LogP contribution in [0.3, 0.4) is 0 Å². The Morgan fingerprint density at radius 3 is 1.89 bits per heavy atom. The summed E-state index contributed by atoms with van der Waals surface area (Å²) < 4.78 is 4.66. The van der Waals surface area contributed by atoms with E-state index >= 15 is 0 Å². The molecule has 4 nitrogen and oxygen atoms in total. The van der Waals surface area contributed by atoms with Crippen molar-refractivity contribution in [3.8, 4) is 12.1 Å². The molecule has 0 atom stereocenters. The van der Waals surface area contributed by atoms with Gasteiger partial charge in [0.05, 0.1) is 0 Å². The fourth-order valence-electron chi connectivity index (χ4n) is 1.85. The van der Waals surface area contributed by atoms with E-state index in [2.05, 4.69) is 11.7 Å². The number of ether oxygens (including phenoxy) is 1.